The second kappa shape index (κ2) is 8.27. The Morgan fingerprint density at radius 2 is 1.72 bits per heavy atom. The van der Waals surface area contributed by atoms with Gasteiger partial charge in [-0.05, 0) is 55.0 Å². The number of para-hydroxylation sites is 1. The predicted octanol–water partition coefficient (Wildman–Crippen LogP) is 4.81. The van der Waals surface area contributed by atoms with Crippen LogP contribution >= 0.6 is 0 Å². The average Bonchev–Trinajstić information content (AvgIpc) is 3.25. The SMILES string of the molecule is Cc1ccccc1NC(=O)Nc1cccc(-c2ccc3nnc(-c4ccccn4)n3n2)c1. The van der Waals surface area contributed by atoms with Gasteiger partial charge in [0.2, 0.25) is 5.82 Å². The highest BCUT2D eigenvalue weighted by Crippen LogP contribution is 2.23. The summed E-state index contributed by atoms with van der Waals surface area (Å²) in [6.45, 7) is 1.95. The van der Waals surface area contributed by atoms with Crippen LogP contribution in [0.4, 0.5) is 16.2 Å². The number of pyridine rings is 1. The van der Waals surface area contributed by atoms with Crippen LogP contribution < -0.4 is 10.6 Å². The Bertz CT molecular complexity index is 1410. The molecule has 2 aromatic carbocycles. The van der Waals surface area contributed by atoms with E-state index in [2.05, 4.69) is 25.8 Å². The summed E-state index contributed by atoms with van der Waals surface area (Å²) in [5.41, 5.74) is 5.30. The van der Waals surface area contributed by atoms with Gasteiger partial charge >= 0.3 is 6.03 Å². The first-order valence-corrected chi connectivity index (χ1v) is 10.1. The number of carbonyl (C=O) groups excluding carboxylic acids is 1. The van der Waals surface area contributed by atoms with Crippen LogP contribution in [0.3, 0.4) is 0 Å². The fraction of sp³-hybridized carbons (Fsp3) is 0.0417. The number of anilines is 2. The molecule has 2 amide bonds. The Kier molecular flexibility index (Phi) is 5.01. The molecule has 0 aliphatic carbocycles. The molecule has 0 aliphatic rings. The second-order valence-corrected chi connectivity index (χ2v) is 7.20. The summed E-state index contributed by atoms with van der Waals surface area (Å²) in [6.07, 6.45) is 1.71. The number of urea groups is 1. The fourth-order valence-corrected chi connectivity index (χ4v) is 3.35. The molecule has 0 aliphatic heterocycles. The van der Waals surface area contributed by atoms with Gasteiger partial charge in [0.1, 0.15) is 5.69 Å². The van der Waals surface area contributed by atoms with Gasteiger partial charge in [-0.25, -0.2) is 4.79 Å². The highest BCUT2D eigenvalue weighted by atomic mass is 16.2. The fourth-order valence-electron chi connectivity index (χ4n) is 3.35. The number of aryl methyl sites for hydroxylation is 1. The Morgan fingerprint density at radius 3 is 2.56 bits per heavy atom. The third-order valence-corrected chi connectivity index (χ3v) is 4.97. The van der Waals surface area contributed by atoms with Gasteiger partial charge in [-0.1, -0.05) is 36.4 Å². The largest absolute Gasteiger partial charge is 0.323 e. The number of nitrogens with one attached hydrogen (secondary N) is 2. The first kappa shape index (κ1) is 19.4. The van der Waals surface area contributed by atoms with Gasteiger partial charge < -0.3 is 10.6 Å². The maximum Gasteiger partial charge on any atom is 0.323 e. The number of amides is 2. The summed E-state index contributed by atoms with van der Waals surface area (Å²) in [7, 11) is 0. The molecule has 156 valence electrons. The number of nitrogens with zero attached hydrogens (tertiary/aromatic N) is 5. The first-order valence-electron chi connectivity index (χ1n) is 10.1. The van der Waals surface area contributed by atoms with Crippen molar-refractivity contribution in [2.24, 2.45) is 0 Å². The summed E-state index contributed by atoms with van der Waals surface area (Å²) >= 11 is 0. The lowest BCUT2D eigenvalue weighted by Gasteiger charge is -2.11. The molecule has 0 unspecified atom stereocenters. The van der Waals surface area contributed by atoms with Gasteiger partial charge in [-0.3, -0.25) is 4.98 Å². The lowest BCUT2D eigenvalue weighted by molar-refractivity contribution is 0.262. The molecule has 8 heteroatoms. The molecular weight excluding hydrogens is 402 g/mol. The van der Waals surface area contributed by atoms with E-state index >= 15 is 0 Å². The number of rotatable bonds is 4. The monoisotopic (exact) mass is 421 g/mol. The molecule has 0 atom stereocenters. The summed E-state index contributed by atoms with van der Waals surface area (Å²) in [4.78, 5) is 16.8. The number of aromatic nitrogens is 5. The third kappa shape index (κ3) is 3.89. The van der Waals surface area contributed by atoms with Crippen LogP contribution in [0.2, 0.25) is 0 Å². The van der Waals surface area contributed by atoms with Gasteiger partial charge in [0.25, 0.3) is 0 Å². The van der Waals surface area contributed by atoms with E-state index in [-0.39, 0.29) is 6.03 Å². The van der Waals surface area contributed by atoms with Crippen molar-refractivity contribution in [1.82, 2.24) is 24.8 Å². The molecule has 0 saturated heterocycles. The highest BCUT2D eigenvalue weighted by molar-refractivity contribution is 6.00. The molecule has 0 spiro atoms. The van der Waals surface area contributed by atoms with Crippen LogP contribution in [0.1, 0.15) is 5.56 Å². The van der Waals surface area contributed by atoms with Crippen molar-refractivity contribution in [3.8, 4) is 22.8 Å². The predicted molar refractivity (Wildman–Crippen MR) is 123 cm³/mol. The summed E-state index contributed by atoms with van der Waals surface area (Å²) in [5.74, 6) is 0.564. The van der Waals surface area contributed by atoms with Gasteiger partial charge in [0.05, 0.1) is 5.69 Å². The van der Waals surface area contributed by atoms with E-state index in [1.165, 1.54) is 0 Å². The highest BCUT2D eigenvalue weighted by Gasteiger charge is 2.12. The number of hydrogen-bond acceptors (Lipinski definition) is 5. The molecule has 5 aromatic rings. The van der Waals surface area contributed by atoms with E-state index in [4.69, 9.17) is 5.10 Å². The Balaban J connectivity index is 1.41. The third-order valence-electron chi connectivity index (χ3n) is 4.97. The number of benzene rings is 2. The molecule has 3 aromatic heterocycles. The lowest BCUT2D eigenvalue weighted by Crippen LogP contribution is -2.19. The number of hydrogen-bond donors (Lipinski definition) is 2. The van der Waals surface area contributed by atoms with Gasteiger partial charge in [-0.2, -0.15) is 9.61 Å². The molecule has 0 bridgehead atoms. The minimum absolute atomic E-state index is 0.309. The zero-order chi connectivity index (χ0) is 21.9. The molecule has 0 fully saturated rings. The van der Waals surface area contributed by atoms with Crippen molar-refractivity contribution < 1.29 is 4.79 Å². The molecule has 5 rings (SSSR count). The molecule has 8 nitrogen and oxygen atoms in total. The summed E-state index contributed by atoms with van der Waals surface area (Å²) in [5, 5.41) is 18.9. The lowest BCUT2D eigenvalue weighted by atomic mass is 10.1. The van der Waals surface area contributed by atoms with Crippen LogP contribution in [0.25, 0.3) is 28.4 Å². The standard InChI is InChI=1S/C24H19N7O/c1-16-7-2-3-10-19(16)27-24(32)26-18-9-6-8-17(15-18)20-12-13-22-28-29-23(31(22)30-20)21-11-4-5-14-25-21/h2-15H,1H3,(H2,26,27,32). The van der Waals surface area contributed by atoms with Gasteiger partial charge in [0, 0.05) is 23.1 Å². The van der Waals surface area contributed by atoms with Gasteiger partial charge in [-0.15, -0.1) is 10.2 Å². The van der Waals surface area contributed by atoms with Crippen molar-refractivity contribution in [1.29, 1.82) is 0 Å². The molecular formula is C24H19N7O. The van der Waals surface area contributed by atoms with Crippen molar-refractivity contribution in [3.05, 3.63) is 90.6 Å². The zero-order valence-corrected chi connectivity index (χ0v) is 17.2. The Morgan fingerprint density at radius 1 is 0.844 bits per heavy atom. The summed E-state index contributed by atoms with van der Waals surface area (Å²) < 4.78 is 1.67. The van der Waals surface area contributed by atoms with E-state index in [9.17, 15) is 4.79 Å². The molecule has 0 saturated carbocycles. The molecule has 3 heterocycles. The van der Waals surface area contributed by atoms with Gasteiger partial charge in [0.15, 0.2) is 5.65 Å². The Labute approximate surface area is 184 Å². The van der Waals surface area contributed by atoms with Crippen LogP contribution in [0.15, 0.2) is 85.1 Å². The second-order valence-electron chi connectivity index (χ2n) is 7.20. The van der Waals surface area contributed by atoms with Crippen molar-refractivity contribution in [2.45, 2.75) is 6.92 Å². The Hall–Kier alpha value is -4.59. The quantitative estimate of drug-likeness (QED) is 0.434. The number of fused-ring (bicyclic) bond motifs is 1. The van der Waals surface area contributed by atoms with Crippen molar-refractivity contribution in [3.63, 3.8) is 0 Å². The van der Waals surface area contributed by atoms with Crippen LogP contribution in [-0.4, -0.2) is 30.8 Å². The first-order chi connectivity index (χ1) is 15.7. The van der Waals surface area contributed by atoms with Crippen LogP contribution in [-0.2, 0) is 0 Å². The topological polar surface area (TPSA) is 97.1 Å². The average molecular weight is 421 g/mol. The van der Waals surface area contributed by atoms with Crippen LogP contribution in [0.5, 0.6) is 0 Å². The minimum atomic E-state index is -0.309. The van der Waals surface area contributed by atoms with Crippen molar-refractivity contribution in [2.75, 3.05) is 10.6 Å². The maximum atomic E-state index is 12.5. The number of carbonyl (C=O) groups is 1. The van der Waals surface area contributed by atoms with Crippen LogP contribution in [0, 0.1) is 6.92 Å². The van der Waals surface area contributed by atoms with E-state index < -0.39 is 0 Å². The molecule has 2 N–H and O–H groups in total. The normalized spacial score (nSPS) is 10.8. The van der Waals surface area contributed by atoms with Crippen molar-refractivity contribution >= 4 is 23.1 Å². The zero-order valence-electron chi connectivity index (χ0n) is 17.2. The van der Waals surface area contributed by atoms with E-state index in [0.29, 0.717) is 22.9 Å². The smallest absolute Gasteiger partial charge is 0.308 e. The van der Waals surface area contributed by atoms with E-state index in [0.717, 1.165) is 22.5 Å². The van der Waals surface area contributed by atoms with E-state index in [1.807, 2.05) is 85.8 Å². The van der Waals surface area contributed by atoms with E-state index in [1.54, 1.807) is 10.7 Å². The molecule has 32 heavy (non-hydrogen) atoms. The molecule has 0 radical (unpaired) electrons. The minimum Gasteiger partial charge on any atom is -0.308 e. The maximum absolute atomic E-state index is 12.5. The summed E-state index contributed by atoms with van der Waals surface area (Å²) in [6, 6.07) is 24.2.